The Morgan fingerprint density at radius 1 is 1.38 bits per heavy atom. The minimum absolute atomic E-state index is 0.0900. The first kappa shape index (κ1) is 13.5. The first-order valence-corrected chi connectivity index (χ1v) is 6.13. The van der Waals surface area contributed by atoms with Crippen molar-refractivity contribution in [2.24, 2.45) is 17.2 Å². The summed E-state index contributed by atoms with van der Waals surface area (Å²) in [6.45, 7) is 8.96. The highest BCUT2D eigenvalue weighted by Gasteiger charge is 2.25. The standard InChI is InChI=1S/C12H25N3O/c1-12(2,3)8-11(16)15-6-4-10(5-7-15)9-14-13/h10,14H,4-9,13H2,1-3H3. The highest BCUT2D eigenvalue weighted by molar-refractivity contribution is 5.76. The molecule has 0 atom stereocenters. The summed E-state index contributed by atoms with van der Waals surface area (Å²) in [7, 11) is 0. The number of hydrazine groups is 1. The van der Waals surface area contributed by atoms with Crippen molar-refractivity contribution < 1.29 is 4.79 Å². The van der Waals surface area contributed by atoms with Crippen LogP contribution in [0.1, 0.15) is 40.0 Å². The van der Waals surface area contributed by atoms with Crippen molar-refractivity contribution in [1.29, 1.82) is 0 Å². The van der Waals surface area contributed by atoms with E-state index in [1.807, 2.05) is 4.90 Å². The highest BCUT2D eigenvalue weighted by atomic mass is 16.2. The fourth-order valence-electron chi connectivity index (χ4n) is 2.12. The highest BCUT2D eigenvalue weighted by Crippen LogP contribution is 2.22. The number of nitrogens with one attached hydrogen (secondary N) is 1. The van der Waals surface area contributed by atoms with E-state index in [2.05, 4.69) is 26.2 Å². The molecule has 4 heteroatoms. The number of carbonyl (C=O) groups excluding carboxylic acids is 1. The van der Waals surface area contributed by atoms with Gasteiger partial charge >= 0.3 is 0 Å². The van der Waals surface area contributed by atoms with Gasteiger partial charge in [0.25, 0.3) is 0 Å². The zero-order valence-corrected chi connectivity index (χ0v) is 10.8. The van der Waals surface area contributed by atoms with Gasteiger partial charge in [-0.3, -0.25) is 16.1 Å². The lowest BCUT2D eigenvalue weighted by atomic mass is 9.90. The van der Waals surface area contributed by atoms with Crippen molar-refractivity contribution in [1.82, 2.24) is 10.3 Å². The molecule has 1 aliphatic rings. The lowest BCUT2D eigenvalue weighted by molar-refractivity contribution is -0.134. The normalized spacial score (nSPS) is 18.9. The lowest BCUT2D eigenvalue weighted by Crippen LogP contribution is -2.42. The fourth-order valence-corrected chi connectivity index (χ4v) is 2.12. The molecule has 94 valence electrons. The van der Waals surface area contributed by atoms with Crippen LogP contribution in [0.3, 0.4) is 0 Å². The van der Waals surface area contributed by atoms with Gasteiger partial charge in [0.15, 0.2) is 0 Å². The summed E-state index contributed by atoms with van der Waals surface area (Å²) in [5.41, 5.74) is 2.81. The van der Waals surface area contributed by atoms with E-state index in [0.717, 1.165) is 32.5 Å². The predicted molar refractivity (Wildman–Crippen MR) is 65.6 cm³/mol. The smallest absolute Gasteiger partial charge is 0.223 e. The average molecular weight is 227 g/mol. The van der Waals surface area contributed by atoms with Crippen LogP contribution >= 0.6 is 0 Å². The third kappa shape index (κ3) is 4.49. The van der Waals surface area contributed by atoms with Crippen molar-refractivity contribution >= 4 is 5.91 Å². The molecule has 0 radical (unpaired) electrons. The first-order chi connectivity index (χ1) is 7.42. The van der Waals surface area contributed by atoms with E-state index in [1.165, 1.54) is 0 Å². The van der Waals surface area contributed by atoms with E-state index in [0.29, 0.717) is 18.2 Å². The van der Waals surface area contributed by atoms with Crippen LogP contribution in [0.2, 0.25) is 0 Å². The molecule has 16 heavy (non-hydrogen) atoms. The van der Waals surface area contributed by atoms with Crippen LogP contribution in [0.5, 0.6) is 0 Å². The van der Waals surface area contributed by atoms with Gasteiger partial charge in [-0.1, -0.05) is 20.8 Å². The SMILES string of the molecule is CC(C)(C)CC(=O)N1CCC(CNN)CC1. The van der Waals surface area contributed by atoms with E-state index in [-0.39, 0.29) is 5.41 Å². The van der Waals surface area contributed by atoms with Gasteiger partial charge in [0.1, 0.15) is 0 Å². The number of amides is 1. The number of likely N-dealkylation sites (tertiary alicyclic amines) is 1. The molecule has 1 saturated heterocycles. The molecule has 3 N–H and O–H groups in total. The second-order valence-electron chi connectivity index (χ2n) is 5.97. The second-order valence-corrected chi connectivity index (χ2v) is 5.97. The third-order valence-corrected chi connectivity index (χ3v) is 3.06. The third-order valence-electron chi connectivity index (χ3n) is 3.06. The summed E-state index contributed by atoms with van der Waals surface area (Å²) < 4.78 is 0. The van der Waals surface area contributed by atoms with Gasteiger partial charge in [0.05, 0.1) is 0 Å². The Bertz CT molecular complexity index is 227. The van der Waals surface area contributed by atoms with Crippen molar-refractivity contribution in [3.63, 3.8) is 0 Å². The Hall–Kier alpha value is -0.610. The molecule has 0 aromatic rings. The summed E-state index contributed by atoms with van der Waals surface area (Å²) in [6.07, 6.45) is 2.78. The summed E-state index contributed by atoms with van der Waals surface area (Å²) >= 11 is 0. The minimum Gasteiger partial charge on any atom is -0.343 e. The van der Waals surface area contributed by atoms with Gasteiger partial charge in [-0.15, -0.1) is 0 Å². The number of hydrogen-bond donors (Lipinski definition) is 2. The summed E-state index contributed by atoms with van der Waals surface area (Å²) in [5, 5.41) is 0. The zero-order chi connectivity index (χ0) is 12.2. The van der Waals surface area contributed by atoms with E-state index < -0.39 is 0 Å². The van der Waals surface area contributed by atoms with Crippen molar-refractivity contribution in [3.8, 4) is 0 Å². The molecule has 0 unspecified atom stereocenters. The molecule has 0 aromatic carbocycles. The van der Waals surface area contributed by atoms with Crippen LogP contribution in [0.25, 0.3) is 0 Å². The van der Waals surface area contributed by atoms with Crippen LogP contribution in [0, 0.1) is 11.3 Å². The molecule has 1 amide bonds. The monoisotopic (exact) mass is 227 g/mol. The average Bonchev–Trinajstić information content (AvgIpc) is 2.16. The molecule has 0 bridgehead atoms. The van der Waals surface area contributed by atoms with Gasteiger partial charge < -0.3 is 4.90 Å². The molecule has 0 spiro atoms. The molecule has 1 aliphatic heterocycles. The fraction of sp³-hybridized carbons (Fsp3) is 0.917. The quantitative estimate of drug-likeness (QED) is 0.561. The first-order valence-electron chi connectivity index (χ1n) is 6.13. The molecular formula is C12H25N3O. The number of nitrogens with zero attached hydrogens (tertiary/aromatic N) is 1. The number of rotatable bonds is 3. The van der Waals surface area contributed by atoms with Crippen LogP contribution < -0.4 is 11.3 Å². The van der Waals surface area contributed by atoms with Gasteiger partial charge in [-0.2, -0.15) is 0 Å². The number of carbonyl (C=O) groups is 1. The second kappa shape index (κ2) is 5.64. The van der Waals surface area contributed by atoms with E-state index in [9.17, 15) is 4.79 Å². The van der Waals surface area contributed by atoms with Crippen molar-refractivity contribution in [2.75, 3.05) is 19.6 Å². The van der Waals surface area contributed by atoms with Crippen molar-refractivity contribution in [2.45, 2.75) is 40.0 Å². The molecule has 0 aliphatic carbocycles. The minimum atomic E-state index is 0.0900. The molecule has 1 rings (SSSR count). The van der Waals surface area contributed by atoms with Gasteiger partial charge in [0, 0.05) is 26.1 Å². The summed E-state index contributed by atoms with van der Waals surface area (Å²) in [4.78, 5) is 14.0. The molecule has 0 aromatic heterocycles. The molecule has 0 saturated carbocycles. The van der Waals surface area contributed by atoms with E-state index >= 15 is 0 Å². The molecule has 1 fully saturated rings. The lowest BCUT2D eigenvalue weighted by Gasteiger charge is -2.33. The van der Waals surface area contributed by atoms with Gasteiger partial charge in [-0.25, -0.2) is 0 Å². The maximum Gasteiger partial charge on any atom is 0.223 e. The predicted octanol–water partition coefficient (Wildman–Crippen LogP) is 1.12. The Balaban J connectivity index is 2.33. The maximum atomic E-state index is 12.0. The number of piperidine rings is 1. The van der Waals surface area contributed by atoms with Crippen molar-refractivity contribution in [3.05, 3.63) is 0 Å². The van der Waals surface area contributed by atoms with Crippen LogP contribution in [0.15, 0.2) is 0 Å². The molecular weight excluding hydrogens is 202 g/mol. The Morgan fingerprint density at radius 2 is 1.94 bits per heavy atom. The van der Waals surface area contributed by atoms with E-state index in [4.69, 9.17) is 5.84 Å². The summed E-state index contributed by atoms with van der Waals surface area (Å²) in [6, 6.07) is 0. The summed E-state index contributed by atoms with van der Waals surface area (Å²) in [5.74, 6) is 6.23. The van der Waals surface area contributed by atoms with Gasteiger partial charge in [-0.05, 0) is 24.2 Å². The van der Waals surface area contributed by atoms with Crippen LogP contribution in [0.4, 0.5) is 0 Å². The molecule has 1 heterocycles. The number of hydrogen-bond acceptors (Lipinski definition) is 3. The van der Waals surface area contributed by atoms with Crippen LogP contribution in [-0.4, -0.2) is 30.4 Å². The van der Waals surface area contributed by atoms with Crippen LogP contribution in [-0.2, 0) is 4.79 Å². The number of nitrogens with two attached hydrogens (primary N) is 1. The molecule has 4 nitrogen and oxygen atoms in total. The maximum absolute atomic E-state index is 12.0. The largest absolute Gasteiger partial charge is 0.343 e. The van der Waals surface area contributed by atoms with E-state index in [1.54, 1.807) is 0 Å². The Morgan fingerprint density at radius 3 is 2.38 bits per heavy atom. The van der Waals surface area contributed by atoms with Gasteiger partial charge in [0.2, 0.25) is 5.91 Å². The Labute approximate surface area is 98.5 Å². The Kier molecular flexibility index (Phi) is 4.74. The topological polar surface area (TPSA) is 58.4 Å². The zero-order valence-electron chi connectivity index (χ0n) is 10.8.